The van der Waals surface area contributed by atoms with E-state index >= 15 is 0 Å². The third kappa shape index (κ3) is 2.66. The monoisotopic (exact) mass is 255 g/mol. The van der Waals surface area contributed by atoms with Gasteiger partial charge in [0.1, 0.15) is 11.6 Å². The average Bonchev–Trinajstić information content (AvgIpc) is 2.43. The minimum Gasteiger partial charge on any atom is -0.367 e. The Kier molecular flexibility index (Phi) is 3.29. The number of benzene rings is 1. The first-order chi connectivity index (χ1) is 9.35. The number of nitrogen functional groups attached to an aromatic ring is 1. The molecule has 0 aliphatic heterocycles. The zero-order chi connectivity index (χ0) is 13.1. The van der Waals surface area contributed by atoms with Crippen LogP contribution >= 0.6 is 0 Å². The molecular weight excluding hydrogens is 238 g/mol. The van der Waals surface area contributed by atoms with E-state index in [-0.39, 0.29) is 0 Å². The molecule has 4 N–H and O–H groups in total. The Hall–Kier alpha value is -2.14. The van der Waals surface area contributed by atoms with E-state index in [9.17, 15) is 0 Å². The Labute approximate surface area is 112 Å². The molecule has 1 heterocycles. The van der Waals surface area contributed by atoms with Gasteiger partial charge in [0.15, 0.2) is 5.82 Å². The summed E-state index contributed by atoms with van der Waals surface area (Å²) in [5, 5.41) is 3.42. The molecule has 1 fully saturated rings. The van der Waals surface area contributed by atoms with Gasteiger partial charge in [0, 0.05) is 17.7 Å². The lowest BCUT2D eigenvalue weighted by molar-refractivity contribution is 0.444. The molecule has 1 aliphatic rings. The summed E-state index contributed by atoms with van der Waals surface area (Å²) in [6.07, 6.45) is 3.70. The smallest absolute Gasteiger partial charge is 0.163 e. The van der Waals surface area contributed by atoms with Gasteiger partial charge in [-0.1, -0.05) is 30.3 Å². The van der Waals surface area contributed by atoms with Crippen LogP contribution in [0.1, 0.15) is 19.3 Å². The highest BCUT2D eigenvalue weighted by molar-refractivity contribution is 5.61. The normalized spacial score (nSPS) is 14.8. The van der Waals surface area contributed by atoms with Gasteiger partial charge in [-0.05, 0) is 19.3 Å². The maximum atomic E-state index is 5.47. The van der Waals surface area contributed by atoms with Crippen molar-refractivity contribution >= 4 is 11.6 Å². The van der Waals surface area contributed by atoms with E-state index in [2.05, 4.69) is 20.7 Å². The maximum Gasteiger partial charge on any atom is 0.163 e. The number of nitrogens with two attached hydrogens (primary N) is 1. The summed E-state index contributed by atoms with van der Waals surface area (Å²) in [6.45, 7) is 0. The molecule has 0 radical (unpaired) electrons. The van der Waals surface area contributed by atoms with Crippen LogP contribution in [0.5, 0.6) is 0 Å². The Morgan fingerprint density at radius 1 is 1.05 bits per heavy atom. The number of hydrazine groups is 1. The van der Waals surface area contributed by atoms with Crippen LogP contribution < -0.4 is 16.6 Å². The molecule has 19 heavy (non-hydrogen) atoms. The van der Waals surface area contributed by atoms with E-state index in [1.54, 1.807) is 0 Å². The van der Waals surface area contributed by atoms with Crippen molar-refractivity contribution in [1.82, 2.24) is 9.97 Å². The number of nitrogens with one attached hydrogen (secondary N) is 2. The lowest BCUT2D eigenvalue weighted by Gasteiger charge is -2.27. The third-order valence-electron chi connectivity index (χ3n) is 3.36. The summed E-state index contributed by atoms with van der Waals surface area (Å²) in [5.41, 5.74) is 3.58. The summed E-state index contributed by atoms with van der Waals surface area (Å²) >= 11 is 0. The van der Waals surface area contributed by atoms with Crippen molar-refractivity contribution in [2.45, 2.75) is 25.3 Å². The first-order valence-electron chi connectivity index (χ1n) is 6.53. The van der Waals surface area contributed by atoms with Gasteiger partial charge in [-0.25, -0.2) is 15.8 Å². The first kappa shape index (κ1) is 11.9. The summed E-state index contributed by atoms with van der Waals surface area (Å²) < 4.78 is 0. The van der Waals surface area contributed by atoms with Crippen LogP contribution in [0.3, 0.4) is 0 Å². The van der Waals surface area contributed by atoms with Gasteiger partial charge in [-0.3, -0.25) is 0 Å². The SMILES string of the molecule is NNc1cc(NC2CCC2)nc(-c2ccccc2)n1. The summed E-state index contributed by atoms with van der Waals surface area (Å²) in [7, 11) is 0. The van der Waals surface area contributed by atoms with Crippen LogP contribution in [0.15, 0.2) is 36.4 Å². The van der Waals surface area contributed by atoms with Gasteiger partial charge >= 0.3 is 0 Å². The topological polar surface area (TPSA) is 75.9 Å². The molecule has 0 spiro atoms. The van der Waals surface area contributed by atoms with E-state index in [4.69, 9.17) is 5.84 Å². The molecule has 2 aromatic rings. The van der Waals surface area contributed by atoms with E-state index in [1.807, 2.05) is 36.4 Å². The quantitative estimate of drug-likeness (QED) is 0.577. The van der Waals surface area contributed by atoms with Crippen molar-refractivity contribution < 1.29 is 0 Å². The van der Waals surface area contributed by atoms with Gasteiger partial charge in [0.25, 0.3) is 0 Å². The maximum absolute atomic E-state index is 5.47. The number of aromatic nitrogens is 2. The number of rotatable bonds is 4. The van der Waals surface area contributed by atoms with Crippen LogP contribution in [-0.2, 0) is 0 Å². The standard InChI is InChI=1S/C14H17N5/c15-19-13-9-12(16-11-7-4-8-11)17-14(18-13)10-5-2-1-3-6-10/h1-3,5-6,9,11H,4,7-8,15H2,(H2,16,17,18,19). The number of hydrogen-bond donors (Lipinski definition) is 3. The molecule has 1 aromatic carbocycles. The van der Waals surface area contributed by atoms with E-state index in [0.29, 0.717) is 17.7 Å². The summed E-state index contributed by atoms with van der Waals surface area (Å²) in [4.78, 5) is 8.94. The van der Waals surface area contributed by atoms with E-state index < -0.39 is 0 Å². The highest BCUT2D eigenvalue weighted by Crippen LogP contribution is 2.25. The fraction of sp³-hybridized carbons (Fsp3) is 0.286. The Morgan fingerprint density at radius 2 is 1.79 bits per heavy atom. The minimum absolute atomic E-state index is 0.532. The Bertz CT molecular complexity index is 551. The second-order valence-electron chi connectivity index (χ2n) is 4.74. The highest BCUT2D eigenvalue weighted by Gasteiger charge is 2.18. The van der Waals surface area contributed by atoms with Crippen molar-refractivity contribution in [3.63, 3.8) is 0 Å². The number of nitrogens with zero attached hydrogens (tertiary/aromatic N) is 2. The Morgan fingerprint density at radius 3 is 2.42 bits per heavy atom. The number of anilines is 2. The molecule has 5 nitrogen and oxygen atoms in total. The molecular formula is C14H17N5. The lowest BCUT2D eigenvalue weighted by atomic mass is 9.93. The van der Waals surface area contributed by atoms with Crippen LogP contribution in [0.2, 0.25) is 0 Å². The largest absolute Gasteiger partial charge is 0.367 e. The van der Waals surface area contributed by atoms with Crippen LogP contribution in [-0.4, -0.2) is 16.0 Å². The fourth-order valence-corrected chi connectivity index (χ4v) is 2.07. The van der Waals surface area contributed by atoms with Gasteiger partial charge in [-0.2, -0.15) is 0 Å². The molecule has 0 unspecified atom stereocenters. The van der Waals surface area contributed by atoms with Crippen molar-refractivity contribution in [3.05, 3.63) is 36.4 Å². The minimum atomic E-state index is 0.532. The molecule has 5 heteroatoms. The molecule has 98 valence electrons. The molecule has 1 saturated carbocycles. The van der Waals surface area contributed by atoms with E-state index in [1.165, 1.54) is 19.3 Å². The first-order valence-corrected chi connectivity index (χ1v) is 6.53. The molecule has 0 amide bonds. The molecule has 1 aromatic heterocycles. The molecule has 0 bridgehead atoms. The highest BCUT2D eigenvalue weighted by atomic mass is 15.3. The molecule has 3 rings (SSSR count). The predicted molar refractivity (Wildman–Crippen MR) is 76.5 cm³/mol. The Balaban J connectivity index is 1.92. The molecule has 0 saturated heterocycles. The lowest BCUT2D eigenvalue weighted by Crippen LogP contribution is -2.27. The van der Waals surface area contributed by atoms with Crippen molar-refractivity contribution in [3.8, 4) is 11.4 Å². The fourth-order valence-electron chi connectivity index (χ4n) is 2.07. The second kappa shape index (κ2) is 5.24. The second-order valence-corrected chi connectivity index (χ2v) is 4.74. The van der Waals surface area contributed by atoms with Crippen molar-refractivity contribution in [2.24, 2.45) is 5.84 Å². The molecule has 1 aliphatic carbocycles. The summed E-state index contributed by atoms with van der Waals surface area (Å²) in [6, 6.07) is 12.3. The molecule has 0 atom stereocenters. The van der Waals surface area contributed by atoms with Gasteiger partial charge in [0.05, 0.1) is 0 Å². The zero-order valence-electron chi connectivity index (χ0n) is 10.6. The zero-order valence-corrected chi connectivity index (χ0v) is 10.6. The number of hydrogen-bond acceptors (Lipinski definition) is 5. The van der Waals surface area contributed by atoms with Crippen LogP contribution in [0.4, 0.5) is 11.6 Å². The van der Waals surface area contributed by atoms with Crippen LogP contribution in [0, 0.1) is 0 Å². The van der Waals surface area contributed by atoms with Crippen molar-refractivity contribution in [2.75, 3.05) is 10.7 Å². The third-order valence-corrected chi connectivity index (χ3v) is 3.36. The van der Waals surface area contributed by atoms with Gasteiger partial charge in [-0.15, -0.1) is 0 Å². The van der Waals surface area contributed by atoms with Crippen molar-refractivity contribution in [1.29, 1.82) is 0 Å². The average molecular weight is 255 g/mol. The van der Waals surface area contributed by atoms with E-state index in [0.717, 1.165) is 11.4 Å². The van der Waals surface area contributed by atoms with Gasteiger partial charge in [0.2, 0.25) is 0 Å². The predicted octanol–water partition coefficient (Wildman–Crippen LogP) is 2.39. The summed E-state index contributed by atoms with van der Waals surface area (Å²) in [5.74, 6) is 7.60. The van der Waals surface area contributed by atoms with Gasteiger partial charge < -0.3 is 10.7 Å². The van der Waals surface area contributed by atoms with Crippen LogP contribution in [0.25, 0.3) is 11.4 Å².